The summed E-state index contributed by atoms with van der Waals surface area (Å²) in [6.07, 6.45) is 3.42. The minimum atomic E-state index is -0.477. The van der Waals surface area contributed by atoms with Crippen LogP contribution in [0.1, 0.15) is 37.3 Å². The molecule has 5 aromatic carbocycles. The number of benzene rings is 5. The van der Waals surface area contributed by atoms with Crippen molar-refractivity contribution in [3.8, 4) is 28.7 Å². The van der Waals surface area contributed by atoms with Gasteiger partial charge in [-0.25, -0.2) is 0 Å². The lowest BCUT2D eigenvalue weighted by atomic mass is 9.83. The highest BCUT2D eigenvalue weighted by Crippen LogP contribution is 2.54. The fraction of sp³-hybridized carbons (Fsp3) is 0.395. The summed E-state index contributed by atoms with van der Waals surface area (Å²) >= 11 is 0. The third kappa shape index (κ3) is 6.26. The molecule has 4 N–H and O–H groups in total. The van der Waals surface area contributed by atoms with E-state index < -0.39 is 10.9 Å². The van der Waals surface area contributed by atoms with Gasteiger partial charge in [0.2, 0.25) is 10.9 Å². The van der Waals surface area contributed by atoms with E-state index in [0.717, 1.165) is 5.57 Å². The van der Waals surface area contributed by atoms with E-state index in [1.54, 1.807) is 0 Å². The quantitative estimate of drug-likeness (QED) is 0.0463. The summed E-state index contributed by atoms with van der Waals surface area (Å²) in [5.74, 6) is -0.308. The van der Waals surface area contributed by atoms with Gasteiger partial charge in [-0.15, -0.1) is 0 Å². The molecule has 0 amide bonds. The fourth-order valence-corrected chi connectivity index (χ4v) is 7.19. The molecule has 0 spiro atoms. The lowest BCUT2D eigenvalue weighted by Gasteiger charge is -2.23. The molecule has 5 aromatic rings. The first-order valence-electron chi connectivity index (χ1n) is 16.8. The van der Waals surface area contributed by atoms with E-state index in [4.69, 9.17) is 33.5 Å². The van der Waals surface area contributed by atoms with Gasteiger partial charge < -0.3 is 49.1 Å². The zero-order valence-electron chi connectivity index (χ0n) is 29.0. The van der Waals surface area contributed by atoms with Crippen LogP contribution >= 0.6 is 0 Å². The van der Waals surface area contributed by atoms with Gasteiger partial charge in [0.25, 0.3) is 0 Å². The van der Waals surface area contributed by atoms with Gasteiger partial charge in [0.05, 0.1) is 70.8 Å². The van der Waals surface area contributed by atoms with E-state index in [9.17, 15) is 24.6 Å². The van der Waals surface area contributed by atoms with E-state index in [1.807, 2.05) is 13.0 Å². The number of ether oxygens (including phenoxy) is 6. The second-order valence-electron chi connectivity index (χ2n) is 12.4. The predicted molar refractivity (Wildman–Crippen MR) is 194 cm³/mol. The van der Waals surface area contributed by atoms with E-state index in [1.165, 1.54) is 33.5 Å². The van der Waals surface area contributed by atoms with Crippen molar-refractivity contribution >= 4 is 60.8 Å². The molecule has 0 bridgehead atoms. The molecule has 0 fully saturated rings. The van der Waals surface area contributed by atoms with Gasteiger partial charge in [0.15, 0.2) is 5.75 Å². The molecule has 0 heterocycles. The van der Waals surface area contributed by atoms with Gasteiger partial charge in [0.1, 0.15) is 29.6 Å². The third-order valence-electron chi connectivity index (χ3n) is 9.24. The number of allylic oxidation sites excluding steroid dienone is 1. The van der Waals surface area contributed by atoms with Crippen molar-refractivity contribution in [3.05, 3.63) is 49.3 Å². The maximum Gasteiger partial charge on any atom is 0.305 e. The molecule has 1 aliphatic carbocycles. The van der Waals surface area contributed by atoms with Crippen LogP contribution in [0, 0.1) is 0 Å². The summed E-state index contributed by atoms with van der Waals surface area (Å²) < 4.78 is 32.9. The van der Waals surface area contributed by atoms with Crippen LogP contribution in [0.5, 0.6) is 28.7 Å². The Balaban J connectivity index is 1.40. The van der Waals surface area contributed by atoms with Crippen molar-refractivity contribution in [1.82, 2.24) is 0 Å². The smallest absolute Gasteiger partial charge is 0.305 e. The number of carbonyl (C=O) groups excluding carboxylic acids is 1. The first kappa shape index (κ1) is 35.7. The second kappa shape index (κ2) is 15.0. The summed E-state index contributed by atoms with van der Waals surface area (Å²) in [4.78, 5) is 40.7. The molecule has 13 nitrogen and oxygen atoms in total. The Kier molecular flexibility index (Phi) is 10.5. The number of carbonyl (C=O) groups is 1. The predicted octanol–water partition coefficient (Wildman–Crippen LogP) is 4.44. The van der Waals surface area contributed by atoms with Crippen LogP contribution in [0.2, 0.25) is 0 Å². The zero-order valence-corrected chi connectivity index (χ0v) is 29.0. The number of nitrogens with one attached hydrogen (secondary N) is 1. The fourth-order valence-electron chi connectivity index (χ4n) is 7.19. The number of aliphatic hydroxyl groups is 1. The highest BCUT2D eigenvalue weighted by Gasteiger charge is 2.32. The summed E-state index contributed by atoms with van der Waals surface area (Å²) in [6, 6.07) is 2.74. The van der Waals surface area contributed by atoms with Gasteiger partial charge in [-0.1, -0.05) is 11.6 Å². The molecular formula is C38H41NO12. The Bertz CT molecular complexity index is 2260. The molecule has 0 saturated carbocycles. The normalized spacial score (nSPS) is 12.6. The van der Waals surface area contributed by atoms with Crippen LogP contribution < -0.4 is 30.4 Å². The van der Waals surface area contributed by atoms with E-state index in [0.29, 0.717) is 82.5 Å². The molecule has 0 radical (unpaired) electrons. The lowest BCUT2D eigenvalue weighted by molar-refractivity contribution is -0.145. The maximum absolute atomic E-state index is 14.4. The second-order valence-corrected chi connectivity index (χ2v) is 12.4. The number of esters is 1. The SMILES string of the molecule is COc1c2c3c4c(c(NCCCCC(=O)OCCOCCOCCO)c(=O)c5c(O)cc(OC)c(c6c(OC)cc(O)c(c1=O)c63)c54)C=C(C)C2. The van der Waals surface area contributed by atoms with Gasteiger partial charge in [-0.2, -0.15) is 0 Å². The average Bonchev–Trinajstić information content (AvgIpc) is 3.26. The zero-order chi connectivity index (χ0) is 36.4. The highest BCUT2D eigenvalue weighted by atomic mass is 16.6. The molecular weight excluding hydrogens is 662 g/mol. The topological polar surface area (TPSA) is 179 Å². The molecule has 0 unspecified atom stereocenters. The van der Waals surface area contributed by atoms with Gasteiger partial charge >= 0.3 is 5.97 Å². The summed E-state index contributed by atoms with van der Waals surface area (Å²) in [7, 11) is 4.32. The molecule has 51 heavy (non-hydrogen) atoms. The third-order valence-corrected chi connectivity index (χ3v) is 9.24. The van der Waals surface area contributed by atoms with Crippen molar-refractivity contribution in [2.75, 3.05) is 72.8 Å². The summed E-state index contributed by atoms with van der Waals surface area (Å²) in [5, 5.41) is 37.8. The molecule has 1 aliphatic rings. The first-order chi connectivity index (χ1) is 24.7. The molecule has 270 valence electrons. The number of phenols is 2. The van der Waals surface area contributed by atoms with Crippen LogP contribution in [-0.2, 0) is 25.4 Å². The summed E-state index contributed by atoms with van der Waals surface area (Å²) in [5.41, 5.74) is 1.36. The number of aromatic hydroxyl groups is 2. The van der Waals surface area contributed by atoms with Crippen LogP contribution in [0.4, 0.5) is 5.69 Å². The minimum absolute atomic E-state index is 0.0482. The Morgan fingerprint density at radius 3 is 1.98 bits per heavy atom. The van der Waals surface area contributed by atoms with E-state index in [-0.39, 0.29) is 84.0 Å². The van der Waals surface area contributed by atoms with E-state index >= 15 is 0 Å². The lowest BCUT2D eigenvalue weighted by Crippen LogP contribution is -2.17. The van der Waals surface area contributed by atoms with Crippen LogP contribution in [-0.4, -0.2) is 88.8 Å². The highest BCUT2D eigenvalue weighted by molar-refractivity contribution is 6.39. The van der Waals surface area contributed by atoms with Crippen molar-refractivity contribution in [1.29, 1.82) is 0 Å². The number of hydrogen-bond donors (Lipinski definition) is 4. The van der Waals surface area contributed by atoms with Crippen LogP contribution in [0.3, 0.4) is 0 Å². The number of unbranched alkanes of at least 4 members (excludes halogenated alkanes) is 1. The van der Waals surface area contributed by atoms with Crippen LogP contribution in [0.25, 0.3) is 49.2 Å². The Labute approximate surface area is 292 Å². The largest absolute Gasteiger partial charge is 0.507 e. The van der Waals surface area contributed by atoms with Crippen molar-refractivity contribution in [3.63, 3.8) is 0 Å². The molecule has 13 heteroatoms. The van der Waals surface area contributed by atoms with Crippen molar-refractivity contribution < 1.29 is 48.5 Å². The monoisotopic (exact) mass is 703 g/mol. The standard InChI is InChI=1S/C38H41NO12/c1-19-15-20-27-28-21(16-19)38(48-4)37(45)30-23(42)18-25(47-3)32(34(28)30)31-24(46-2)17-22(41)29(33(27)31)36(44)35(20)39-8-6-5-7-26(43)51-14-13-50-12-11-49-10-9-40/h15,17-18,39-42H,5-14,16H2,1-4H3. The van der Waals surface area contributed by atoms with Crippen molar-refractivity contribution in [2.24, 2.45) is 0 Å². The average molecular weight is 704 g/mol. The molecule has 0 aromatic heterocycles. The molecule has 0 aliphatic heterocycles. The Hall–Kier alpha value is -5.11. The molecule has 0 saturated heterocycles. The van der Waals surface area contributed by atoms with Gasteiger partial charge in [-0.05, 0) is 31.6 Å². The Morgan fingerprint density at radius 1 is 0.745 bits per heavy atom. The van der Waals surface area contributed by atoms with Crippen molar-refractivity contribution in [2.45, 2.75) is 32.6 Å². The number of aliphatic hydroxyl groups excluding tert-OH is 1. The number of phenolic OH excluding ortho intramolecular Hbond substituents is 2. The van der Waals surface area contributed by atoms with Gasteiger partial charge in [0, 0.05) is 63.2 Å². The number of fused-ring (bicyclic) bond motifs is 1. The number of hydrogen-bond acceptors (Lipinski definition) is 13. The number of methoxy groups -OCH3 is 3. The van der Waals surface area contributed by atoms with Crippen LogP contribution in [0.15, 0.2) is 27.3 Å². The number of rotatable bonds is 17. The molecule has 0 atom stereocenters. The van der Waals surface area contributed by atoms with Gasteiger partial charge in [-0.3, -0.25) is 14.4 Å². The minimum Gasteiger partial charge on any atom is -0.507 e. The van der Waals surface area contributed by atoms with E-state index in [2.05, 4.69) is 5.32 Å². The maximum atomic E-state index is 14.4. The summed E-state index contributed by atoms with van der Waals surface area (Å²) in [6.45, 7) is 3.45. The number of anilines is 1. The Morgan fingerprint density at radius 2 is 1.35 bits per heavy atom. The first-order valence-corrected chi connectivity index (χ1v) is 16.8. The molecule has 6 rings (SSSR count).